The molecule has 140 valence electrons. The molecule has 4 unspecified atom stereocenters. The molecular weight excluding hydrogens is 316 g/mol. The van der Waals surface area contributed by atoms with Gasteiger partial charge in [-0.25, -0.2) is 4.99 Å². The lowest BCUT2D eigenvalue weighted by Crippen LogP contribution is -2.48. The van der Waals surface area contributed by atoms with Crippen molar-refractivity contribution in [3.8, 4) is 0 Å². The van der Waals surface area contributed by atoms with Gasteiger partial charge in [-0.2, -0.15) is 0 Å². The van der Waals surface area contributed by atoms with Gasteiger partial charge in [0.2, 0.25) is 5.91 Å². The third-order valence-electron chi connectivity index (χ3n) is 6.84. The lowest BCUT2D eigenvalue weighted by molar-refractivity contribution is -0.127. The van der Waals surface area contributed by atoms with Gasteiger partial charge in [-0.3, -0.25) is 4.79 Å². The molecule has 0 aromatic carbocycles. The molecule has 2 aliphatic heterocycles. The van der Waals surface area contributed by atoms with Crippen LogP contribution in [0.15, 0.2) is 4.99 Å². The maximum Gasteiger partial charge on any atom is 0.243 e. The number of rotatable bonds is 3. The van der Waals surface area contributed by atoms with Gasteiger partial charge in [0.15, 0.2) is 5.96 Å². The van der Waals surface area contributed by atoms with E-state index in [-0.39, 0.29) is 12.5 Å². The normalized spacial score (nSPS) is 37.3. The monoisotopic (exact) mass is 348 g/mol. The van der Waals surface area contributed by atoms with E-state index in [2.05, 4.69) is 10.2 Å². The van der Waals surface area contributed by atoms with E-state index in [1.54, 1.807) is 19.0 Å². The highest BCUT2D eigenvalue weighted by Crippen LogP contribution is 2.44. The number of fused-ring (bicyclic) bond motifs is 2. The number of carbonyl (C=O) groups is 1. The Kier molecular flexibility index (Phi) is 4.65. The van der Waals surface area contributed by atoms with Gasteiger partial charge in [0.25, 0.3) is 0 Å². The number of likely N-dealkylation sites (N-methyl/N-ethyl adjacent to an activating group) is 1. The standard InChI is InChI=1S/C19H32N4O2/c1-22(2)17(24)11-20-18(21-16-10-14-3-4-15(16)9-14)23-7-5-19(12-23)6-8-25-13-19/h14-16H,3-13H2,1-2H3,(H,20,21). The fourth-order valence-electron chi connectivity index (χ4n) is 5.20. The van der Waals surface area contributed by atoms with Crippen LogP contribution in [-0.4, -0.2) is 74.7 Å². The number of hydrogen-bond donors (Lipinski definition) is 1. The summed E-state index contributed by atoms with van der Waals surface area (Å²) in [7, 11) is 3.59. The molecule has 4 aliphatic rings. The molecule has 25 heavy (non-hydrogen) atoms. The summed E-state index contributed by atoms with van der Waals surface area (Å²) in [5, 5.41) is 3.75. The highest BCUT2D eigenvalue weighted by Gasteiger charge is 2.44. The average molecular weight is 348 g/mol. The zero-order valence-electron chi connectivity index (χ0n) is 15.7. The lowest BCUT2D eigenvalue weighted by Gasteiger charge is -2.30. The van der Waals surface area contributed by atoms with Crippen molar-refractivity contribution < 1.29 is 9.53 Å². The van der Waals surface area contributed by atoms with Crippen LogP contribution in [0.4, 0.5) is 0 Å². The first-order valence-electron chi connectivity index (χ1n) is 9.88. The van der Waals surface area contributed by atoms with Crippen molar-refractivity contribution >= 4 is 11.9 Å². The van der Waals surface area contributed by atoms with Crippen LogP contribution >= 0.6 is 0 Å². The molecule has 0 aromatic heterocycles. The predicted octanol–water partition coefficient (Wildman–Crippen LogP) is 1.32. The third-order valence-corrected chi connectivity index (χ3v) is 6.84. The first-order chi connectivity index (χ1) is 12.0. The lowest BCUT2D eigenvalue weighted by atomic mass is 9.87. The second-order valence-corrected chi connectivity index (χ2v) is 8.83. The van der Waals surface area contributed by atoms with Crippen molar-refractivity contribution in [3.63, 3.8) is 0 Å². The van der Waals surface area contributed by atoms with Gasteiger partial charge in [0.1, 0.15) is 6.54 Å². The van der Waals surface area contributed by atoms with Crippen molar-refractivity contribution in [3.05, 3.63) is 0 Å². The van der Waals surface area contributed by atoms with Crippen molar-refractivity contribution in [2.75, 3.05) is 46.9 Å². The van der Waals surface area contributed by atoms with Crippen LogP contribution in [0.5, 0.6) is 0 Å². The van der Waals surface area contributed by atoms with Crippen LogP contribution in [0.3, 0.4) is 0 Å². The summed E-state index contributed by atoms with van der Waals surface area (Å²) >= 11 is 0. The average Bonchev–Trinajstić information content (AvgIpc) is 3.37. The summed E-state index contributed by atoms with van der Waals surface area (Å²) in [6, 6.07) is 0.545. The number of guanidine groups is 1. The molecule has 0 aromatic rings. The van der Waals surface area contributed by atoms with Gasteiger partial charge in [-0.15, -0.1) is 0 Å². The Hall–Kier alpha value is -1.30. The predicted molar refractivity (Wildman–Crippen MR) is 97.4 cm³/mol. The third kappa shape index (κ3) is 3.50. The van der Waals surface area contributed by atoms with E-state index in [0.717, 1.165) is 50.5 Å². The molecule has 2 saturated carbocycles. The number of ether oxygens (including phenoxy) is 1. The SMILES string of the molecule is CN(C)C(=O)CN=C(NC1CC2CCC1C2)N1CCC2(CCOC2)C1. The fraction of sp³-hybridized carbons (Fsp3) is 0.895. The molecule has 4 fully saturated rings. The number of amides is 1. The second-order valence-electron chi connectivity index (χ2n) is 8.83. The molecule has 4 rings (SSSR count). The zero-order valence-corrected chi connectivity index (χ0v) is 15.7. The maximum absolute atomic E-state index is 12.0. The van der Waals surface area contributed by atoms with Crippen LogP contribution in [0.2, 0.25) is 0 Å². The zero-order chi connectivity index (χ0) is 17.4. The first kappa shape index (κ1) is 17.1. The topological polar surface area (TPSA) is 57.2 Å². The van der Waals surface area contributed by atoms with Crippen LogP contribution in [-0.2, 0) is 9.53 Å². The largest absolute Gasteiger partial charge is 0.381 e. The molecule has 2 bridgehead atoms. The molecule has 1 spiro atoms. The van der Waals surface area contributed by atoms with Crippen molar-refractivity contribution in [2.45, 2.75) is 44.6 Å². The minimum atomic E-state index is 0.0605. The molecule has 2 aliphatic carbocycles. The molecular formula is C19H32N4O2. The fourth-order valence-corrected chi connectivity index (χ4v) is 5.20. The van der Waals surface area contributed by atoms with Gasteiger partial charge < -0.3 is 19.9 Å². The summed E-state index contributed by atoms with van der Waals surface area (Å²) in [5.41, 5.74) is 0.308. The van der Waals surface area contributed by atoms with E-state index in [9.17, 15) is 4.79 Å². The van der Waals surface area contributed by atoms with Gasteiger partial charge in [0.05, 0.1) is 6.61 Å². The number of nitrogens with zero attached hydrogens (tertiary/aromatic N) is 3. The Balaban J connectivity index is 1.45. The Morgan fingerprint density at radius 2 is 2.20 bits per heavy atom. The molecule has 1 N–H and O–H groups in total. The van der Waals surface area contributed by atoms with Gasteiger partial charge in [-0.1, -0.05) is 6.42 Å². The molecule has 1 amide bonds. The minimum absolute atomic E-state index is 0.0605. The second kappa shape index (κ2) is 6.78. The number of nitrogens with one attached hydrogen (secondary N) is 1. The van der Waals surface area contributed by atoms with Crippen molar-refractivity contribution in [1.29, 1.82) is 0 Å². The van der Waals surface area contributed by atoms with Crippen LogP contribution in [0.1, 0.15) is 38.5 Å². The highest BCUT2D eigenvalue weighted by molar-refractivity contribution is 5.85. The smallest absolute Gasteiger partial charge is 0.243 e. The van der Waals surface area contributed by atoms with Crippen molar-refractivity contribution in [2.24, 2.45) is 22.2 Å². The van der Waals surface area contributed by atoms with Gasteiger partial charge in [-0.05, 0) is 43.9 Å². The Bertz CT molecular complexity index is 542. The van der Waals surface area contributed by atoms with E-state index in [4.69, 9.17) is 9.73 Å². The van der Waals surface area contributed by atoms with E-state index >= 15 is 0 Å². The summed E-state index contributed by atoms with van der Waals surface area (Å²) in [5.74, 6) is 2.72. The Morgan fingerprint density at radius 1 is 1.32 bits per heavy atom. The summed E-state index contributed by atoms with van der Waals surface area (Å²) in [6.45, 7) is 4.03. The van der Waals surface area contributed by atoms with E-state index in [1.165, 1.54) is 32.1 Å². The van der Waals surface area contributed by atoms with Crippen LogP contribution in [0, 0.1) is 17.3 Å². The molecule has 6 nitrogen and oxygen atoms in total. The minimum Gasteiger partial charge on any atom is -0.381 e. The maximum atomic E-state index is 12.0. The van der Waals surface area contributed by atoms with Gasteiger partial charge >= 0.3 is 0 Å². The number of carbonyl (C=O) groups excluding carboxylic acids is 1. The number of hydrogen-bond acceptors (Lipinski definition) is 3. The summed E-state index contributed by atoms with van der Waals surface area (Å²) in [6.07, 6.45) is 7.73. The summed E-state index contributed by atoms with van der Waals surface area (Å²) in [4.78, 5) is 20.8. The van der Waals surface area contributed by atoms with E-state index < -0.39 is 0 Å². The first-order valence-corrected chi connectivity index (χ1v) is 9.88. The highest BCUT2D eigenvalue weighted by atomic mass is 16.5. The van der Waals surface area contributed by atoms with E-state index in [1.807, 2.05) is 0 Å². The van der Waals surface area contributed by atoms with Crippen LogP contribution in [0.25, 0.3) is 0 Å². The Labute approximate surface area is 151 Å². The molecule has 2 saturated heterocycles. The van der Waals surface area contributed by atoms with E-state index in [0.29, 0.717) is 11.5 Å². The summed E-state index contributed by atoms with van der Waals surface area (Å²) < 4.78 is 5.67. The molecule has 6 heteroatoms. The Morgan fingerprint density at radius 3 is 2.84 bits per heavy atom. The van der Waals surface area contributed by atoms with Gasteiger partial charge in [0, 0.05) is 45.2 Å². The molecule has 0 radical (unpaired) electrons. The van der Waals surface area contributed by atoms with Crippen LogP contribution < -0.4 is 5.32 Å². The quantitative estimate of drug-likeness (QED) is 0.617. The molecule has 2 heterocycles. The number of aliphatic imine (C=N–C) groups is 1. The van der Waals surface area contributed by atoms with Crippen molar-refractivity contribution in [1.82, 2.24) is 15.1 Å². The number of likely N-dealkylation sites (tertiary alicyclic amines) is 1. The molecule has 4 atom stereocenters.